The summed E-state index contributed by atoms with van der Waals surface area (Å²) < 4.78 is 21.1. The molecule has 0 fully saturated rings. The zero-order valence-corrected chi connectivity index (χ0v) is 9.40. The lowest BCUT2D eigenvalue weighted by molar-refractivity contribution is 0.590. The molecule has 4 nitrogen and oxygen atoms in total. The van der Waals surface area contributed by atoms with Crippen molar-refractivity contribution in [2.45, 2.75) is 13.0 Å². The van der Waals surface area contributed by atoms with Crippen molar-refractivity contribution in [3.05, 3.63) is 22.4 Å². The van der Waals surface area contributed by atoms with Gasteiger partial charge in [-0.15, -0.1) is 0 Å². The van der Waals surface area contributed by atoms with E-state index in [1.54, 1.807) is 11.3 Å². The minimum atomic E-state index is -3.30. The molecule has 0 saturated carbocycles. The molecule has 1 heterocycles. The zero-order chi connectivity index (χ0) is 10.4. The molecule has 3 N–H and O–H groups in total. The molecule has 80 valence electrons. The maximum absolute atomic E-state index is 10.6. The van der Waals surface area contributed by atoms with Crippen LogP contribution in [0, 0.1) is 0 Å². The third kappa shape index (κ3) is 5.33. The van der Waals surface area contributed by atoms with Crippen LogP contribution in [0.25, 0.3) is 0 Å². The molecule has 1 rings (SSSR count). The highest BCUT2D eigenvalue weighted by Crippen LogP contribution is 2.04. The van der Waals surface area contributed by atoms with Gasteiger partial charge in [-0.2, -0.15) is 11.3 Å². The Balaban J connectivity index is 2.06. The summed E-state index contributed by atoms with van der Waals surface area (Å²) in [6.45, 7) is 1.46. The van der Waals surface area contributed by atoms with E-state index >= 15 is 0 Å². The highest BCUT2D eigenvalue weighted by Gasteiger charge is 2.00. The fraction of sp³-hybridized carbons (Fsp3) is 0.500. The van der Waals surface area contributed by atoms with Crippen LogP contribution in [0.15, 0.2) is 16.8 Å². The number of hydrogen-bond acceptors (Lipinski definition) is 4. The van der Waals surface area contributed by atoms with Crippen molar-refractivity contribution >= 4 is 21.4 Å². The largest absolute Gasteiger partial charge is 0.313 e. The first-order chi connectivity index (χ1) is 6.58. The lowest BCUT2D eigenvalue weighted by atomic mass is 10.3. The van der Waals surface area contributed by atoms with E-state index in [2.05, 4.69) is 10.7 Å². The molecule has 14 heavy (non-hydrogen) atoms. The molecular formula is C8H14N2O2S2. The summed E-state index contributed by atoms with van der Waals surface area (Å²) in [5, 5.41) is 12.1. The maximum atomic E-state index is 10.6. The summed E-state index contributed by atoms with van der Waals surface area (Å²) in [6.07, 6.45) is 0.559. The Kier molecular flexibility index (Phi) is 4.53. The second-order valence-corrected chi connectivity index (χ2v) is 5.54. The number of nitrogens with two attached hydrogens (primary N) is 1. The Morgan fingerprint density at radius 3 is 2.86 bits per heavy atom. The van der Waals surface area contributed by atoms with Gasteiger partial charge in [0.05, 0.1) is 5.75 Å². The van der Waals surface area contributed by atoms with Crippen molar-refractivity contribution < 1.29 is 8.42 Å². The van der Waals surface area contributed by atoms with Crippen LogP contribution in [-0.2, 0) is 16.6 Å². The van der Waals surface area contributed by atoms with Crippen LogP contribution < -0.4 is 10.5 Å². The zero-order valence-electron chi connectivity index (χ0n) is 7.77. The first-order valence-electron chi connectivity index (χ1n) is 4.30. The summed E-state index contributed by atoms with van der Waals surface area (Å²) in [6, 6.07) is 2.04. The van der Waals surface area contributed by atoms with Gasteiger partial charge in [-0.05, 0) is 35.4 Å². The average molecular weight is 234 g/mol. The van der Waals surface area contributed by atoms with E-state index in [0.29, 0.717) is 13.0 Å². The minimum Gasteiger partial charge on any atom is -0.313 e. The van der Waals surface area contributed by atoms with Gasteiger partial charge in [-0.1, -0.05) is 0 Å². The van der Waals surface area contributed by atoms with Gasteiger partial charge in [0.15, 0.2) is 0 Å². The number of rotatable bonds is 6. The third-order valence-corrected chi connectivity index (χ3v) is 3.28. The molecule has 0 aliphatic rings. The Bertz CT molecular complexity index is 345. The van der Waals surface area contributed by atoms with Gasteiger partial charge in [-0.25, -0.2) is 13.6 Å². The molecular weight excluding hydrogens is 220 g/mol. The molecule has 0 aliphatic heterocycles. The molecule has 1 aromatic rings. The first kappa shape index (κ1) is 11.6. The Labute approximate surface area is 88.2 Å². The number of primary sulfonamides is 1. The van der Waals surface area contributed by atoms with E-state index in [1.807, 2.05) is 11.4 Å². The molecule has 0 radical (unpaired) electrons. The summed E-state index contributed by atoms with van der Waals surface area (Å²) in [5.74, 6) is 0.0453. The SMILES string of the molecule is NS(=O)(=O)CCCNCc1ccsc1. The Hall–Kier alpha value is -0.430. The van der Waals surface area contributed by atoms with Crippen LogP contribution in [0.3, 0.4) is 0 Å². The van der Waals surface area contributed by atoms with Crippen molar-refractivity contribution in [2.75, 3.05) is 12.3 Å². The second-order valence-electron chi connectivity index (χ2n) is 3.03. The van der Waals surface area contributed by atoms with Crippen LogP contribution >= 0.6 is 11.3 Å². The van der Waals surface area contributed by atoms with Gasteiger partial charge in [0.2, 0.25) is 10.0 Å². The lowest BCUT2D eigenvalue weighted by Gasteiger charge is -2.01. The summed E-state index contributed by atoms with van der Waals surface area (Å²) >= 11 is 1.65. The average Bonchev–Trinajstić information content (AvgIpc) is 2.54. The van der Waals surface area contributed by atoms with Crippen molar-refractivity contribution in [1.29, 1.82) is 0 Å². The topological polar surface area (TPSA) is 72.2 Å². The number of nitrogens with one attached hydrogen (secondary N) is 1. The second kappa shape index (κ2) is 5.45. The van der Waals surface area contributed by atoms with Gasteiger partial charge < -0.3 is 5.32 Å². The molecule has 0 amide bonds. The smallest absolute Gasteiger partial charge is 0.209 e. The van der Waals surface area contributed by atoms with E-state index in [4.69, 9.17) is 5.14 Å². The highest BCUT2D eigenvalue weighted by atomic mass is 32.2. The Morgan fingerprint density at radius 1 is 1.50 bits per heavy atom. The van der Waals surface area contributed by atoms with Gasteiger partial charge in [-0.3, -0.25) is 0 Å². The third-order valence-electron chi connectivity index (χ3n) is 1.69. The number of sulfonamides is 1. The molecule has 0 unspecified atom stereocenters. The number of hydrogen-bond donors (Lipinski definition) is 2. The van der Waals surface area contributed by atoms with Gasteiger partial charge in [0.1, 0.15) is 0 Å². The van der Waals surface area contributed by atoms with Crippen molar-refractivity contribution in [3.8, 4) is 0 Å². The lowest BCUT2D eigenvalue weighted by Crippen LogP contribution is -2.21. The van der Waals surface area contributed by atoms with Crippen LogP contribution in [0.1, 0.15) is 12.0 Å². The van der Waals surface area contributed by atoms with E-state index in [-0.39, 0.29) is 5.75 Å². The monoisotopic (exact) mass is 234 g/mol. The predicted molar refractivity (Wildman–Crippen MR) is 58.6 cm³/mol. The maximum Gasteiger partial charge on any atom is 0.209 e. The fourth-order valence-corrected chi connectivity index (χ4v) is 2.24. The minimum absolute atomic E-state index is 0.0453. The standard InChI is InChI=1S/C8H14N2O2S2/c9-14(11,12)5-1-3-10-6-8-2-4-13-7-8/h2,4,7,10H,1,3,5-6H2,(H2,9,11,12). The van der Waals surface area contributed by atoms with Crippen LogP contribution in [-0.4, -0.2) is 20.7 Å². The van der Waals surface area contributed by atoms with Crippen LogP contribution in [0.4, 0.5) is 0 Å². The first-order valence-corrected chi connectivity index (χ1v) is 6.96. The molecule has 0 aliphatic carbocycles. The molecule has 6 heteroatoms. The molecule has 0 saturated heterocycles. The van der Waals surface area contributed by atoms with E-state index in [9.17, 15) is 8.42 Å². The molecule has 0 bridgehead atoms. The highest BCUT2D eigenvalue weighted by molar-refractivity contribution is 7.89. The number of thiophene rings is 1. The molecule has 0 spiro atoms. The quantitative estimate of drug-likeness (QED) is 0.705. The summed E-state index contributed by atoms with van der Waals surface area (Å²) in [7, 11) is -3.30. The molecule has 0 aromatic carbocycles. The Morgan fingerprint density at radius 2 is 2.29 bits per heavy atom. The van der Waals surface area contributed by atoms with Crippen LogP contribution in [0.2, 0.25) is 0 Å². The summed E-state index contributed by atoms with van der Waals surface area (Å²) in [5.41, 5.74) is 1.23. The van der Waals surface area contributed by atoms with Gasteiger partial charge in [0.25, 0.3) is 0 Å². The van der Waals surface area contributed by atoms with Crippen molar-refractivity contribution in [1.82, 2.24) is 5.32 Å². The molecule has 1 aromatic heterocycles. The van der Waals surface area contributed by atoms with E-state index in [1.165, 1.54) is 5.56 Å². The predicted octanol–water partition coefficient (Wildman–Crippen LogP) is 0.516. The van der Waals surface area contributed by atoms with Crippen LogP contribution in [0.5, 0.6) is 0 Å². The van der Waals surface area contributed by atoms with E-state index < -0.39 is 10.0 Å². The normalized spacial score (nSPS) is 11.8. The summed E-state index contributed by atoms with van der Waals surface area (Å²) in [4.78, 5) is 0. The van der Waals surface area contributed by atoms with E-state index in [0.717, 1.165) is 6.54 Å². The van der Waals surface area contributed by atoms with Gasteiger partial charge >= 0.3 is 0 Å². The van der Waals surface area contributed by atoms with Crippen molar-refractivity contribution in [2.24, 2.45) is 5.14 Å². The molecule has 0 atom stereocenters. The fourth-order valence-electron chi connectivity index (χ4n) is 1.02. The van der Waals surface area contributed by atoms with Gasteiger partial charge in [0, 0.05) is 6.54 Å². The van der Waals surface area contributed by atoms with Crippen molar-refractivity contribution in [3.63, 3.8) is 0 Å².